The van der Waals surface area contributed by atoms with Crippen LogP contribution in [0.4, 0.5) is 4.39 Å². The van der Waals surface area contributed by atoms with Crippen LogP contribution in [-0.4, -0.2) is 18.5 Å². The van der Waals surface area contributed by atoms with E-state index in [1.807, 2.05) is 0 Å². The fraction of sp³-hybridized carbons (Fsp3) is 0.588. The molecule has 0 aromatic heterocycles. The van der Waals surface area contributed by atoms with Gasteiger partial charge in [0.15, 0.2) is 0 Å². The van der Waals surface area contributed by atoms with Gasteiger partial charge in [-0.2, -0.15) is 0 Å². The summed E-state index contributed by atoms with van der Waals surface area (Å²) in [5.74, 6) is 0.322. The monoisotopic (exact) mass is 292 g/mol. The average Bonchev–Trinajstić information content (AvgIpc) is 2.53. The molecule has 1 unspecified atom stereocenters. The van der Waals surface area contributed by atoms with Gasteiger partial charge in [0.2, 0.25) is 5.91 Å². The summed E-state index contributed by atoms with van der Waals surface area (Å²) in [5, 5.41) is 3.08. The Morgan fingerprint density at radius 3 is 2.52 bits per heavy atom. The summed E-state index contributed by atoms with van der Waals surface area (Å²) in [6, 6.07) is 6.41. The van der Waals surface area contributed by atoms with E-state index in [1.54, 1.807) is 12.1 Å². The number of nitrogens with one attached hydrogen (secondary N) is 1. The predicted octanol–water partition coefficient (Wildman–Crippen LogP) is 2.78. The Bertz CT molecular complexity index is 441. The summed E-state index contributed by atoms with van der Waals surface area (Å²) in [7, 11) is 0. The van der Waals surface area contributed by atoms with Crippen molar-refractivity contribution < 1.29 is 9.18 Å². The lowest BCUT2D eigenvalue weighted by atomic mass is 9.84. The number of aryl methyl sites for hydroxylation is 1. The van der Waals surface area contributed by atoms with Crippen LogP contribution in [-0.2, 0) is 11.2 Å². The molecule has 0 saturated heterocycles. The van der Waals surface area contributed by atoms with Crippen molar-refractivity contribution in [3.63, 3.8) is 0 Å². The van der Waals surface area contributed by atoms with Crippen molar-refractivity contribution in [2.75, 3.05) is 6.54 Å². The van der Waals surface area contributed by atoms with Gasteiger partial charge in [0.1, 0.15) is 5.82 Å². The minimum Gasteiger partial charge on any atom is -0.352 e. The summed E-state index contributed by atoms with van der Waals surface area (Å²) in [5.41, 5.74) is 6.80. The van der Waals surface area contributed by atoms with Crippen LogP contribution in [0.2, 0.25) is 0 Å². The van der Waals surface area contributed by atoms with E-state index < -0.39 is 0 Å². The molecular formula is C17H25FN2O. The molecule has 4 heteroatoms. The van der Waals surface area contributed by atoms with E-state index in [1.165, 1.54) is 44.2 Å². The third-order valence-corrected chi connectivity index (χ3v) is 4.37. The van der Waals surface area contributed by atoms with E-state index in [0.29, 0.717) is 25.3 Å². The first kappa shape index (κ1) is 16.0. The van der Waals surface area contributed by atoms with Crippen molar-refractivity contribution in [2.45, 2.75) is 51.0 Å². The highest BCUT2D eigenvalue weighted by Crippen LogP contribution is 2.26. The molecule has 0 aliphatic heterocycles. The molecular weight excluding hydrogens is 267 g/mol. The molecule has 1 fully saturated rings. The molecule has 1 aromatic rings. The lowest BCUT2D eigenvalue weighted by Crippen LogP contribution is -2.45. The summed E-state index contributed by atoms with van der Waals surface area (Å²) >= 11 is 0. The Morgan fingerprint density at radius 1 is 1.24 bits per heavy atom. The van der Waals surface area contributed by atoms with Gasteiger partial charge in [0.05, 0.1) is 0 Å². The van der Waals surface area contributed by atoms with Crippen LogP contribution in [0.1, 0.15) is 44.1 Å². The number of amides is 1. The minimum atomic E-state index is -0.247. The number of carbonyl (C=O) groups is 1. The van der Waals surface area contributed by atoms with E-state index in [4.69, 9.17) is 5.73 Å². The summed E-state index contributed by atoms with van der Waals surface area (Å²) in [6.45, 7) is 0.507. The van der Waals surface area contributed by atoms with Crippen molar-refractivity contribution in [3.05, 3.63) is 35.6 Å². The van der Waals surface area contributed by atoms with Crippen molar-refractivity contribution in [2.24, 2.45) is 11.7 Å². The maximum Gasteiger partial charge on any atom is 0.220 e. The molecule has 0 radical (unpaired) electrons. The number of hydrogen-bond acceptors (Lipinski definition) is 2. The predicted molar refractivity (Wildman–Crippen MR) is 82.3 cm³/mol. The molecule has 1 saturated carbocycles. The fourth-order valence-electron chi connectivity index (χ4n) is 3.09. The van der Waals surface area contributed by atoms with E-state index in [-0.39, 0.29) is 17.8 Å². The molecule has 0 bridgehead atoms. The number of halogens is 1. The van der Waals surface area contributed by atoms with Gasteiger partial charge in [-0.1, -0.05) is 31.4 Å². The van der Waals surface area contributed by atoms with Crippen molar-refractivity contribution in [1.82, 2.24) is 5.32 Å². The lowest BCUT2D eigenvalue weighted by Gasteiger charge is -2.30. The Labute approximate surface area is 126 Å². The van der Waals surface area contributed by atoms with Gasteiger partial charge in [-0.25, -0.2) is 4.39 Å². The second-order valence-corrected chi connectivity index (χ2v) is 5.93. The van der Waals surface area contributed by atoms with Gasteiger partial charge in [-0.3, -0.25) is 4.79 Å². The first-order chi connectivity index (χ1) is 10.2. The van der Waals surface area contributed by atoms with Crippen LogP contribution in [0.25, 0.3) is 0 Å². The molecule has 116 valence electrons. The molecule has 0 spiro atoms. The number of carbonyl (C=O) groups excluding carboxylic acids is 1. The van der Waals surface area contributed by atoms with Crippen molar-refractivity contribution >= 4 is 5.91 Å². The summed E-state index contributed by atoms with van der Waals surface area (Å²) < 4.78 is 12.8. The topological polar surface area (TPSA) is 55.1 Å². The van der Waals surface area contributed by atoms with E-state index in [2.05, 4.69) is 5.32 Å². The molecule has 1 amide bonds. The lowest BCUT2D eigenvalue weighted by molar-refractivity contribution is -0.122. The molecule has 3 nitrogen and oxygen atoms in total. The second-order valence-electron chi connectivity index (χ2n) is 5.93. The molecule has 1 aliphatic rings. The maximum absolute atomic E-state index is 12.8. The normalized spacial score (nSPS) is 17.4. The zero-order chi connectivity index (χ0) is 15.1. The maximum atomic E-state index is 12.8. The standard InChI is InChI=1S/C17H25FN2O/c18-15-9-6-13(7-10-15)8-11-17(21)20-16(12-19)14-4-2-1-3-5-14/h6-7,9-10,14,16H,1-5,8,11-12,19H2,(H,20,21). The van der Waals surface area contributed by atoms with Crippen LogP contribution in [0, 0.1) is 11.7 Å². The molecule has 21 heavy (non-hydrogen) atoms. The molecule has 2 rings (SSSR count). The SMILES string of the molecule is NCC(NC(=O)CCc1ccc(F)cc1)C1CCCCC1. The van der Waals surface area contributed by atoms with Crippen LogP contribution >= 0.6 is 0 Å². The van der Waals surface area contributed by atoms with Crippen LogP contribution in [0.5, 0.6) is 0 Å². The third kappa shape index (κ3) is 5.12. The average molecular weight is 292 g/mol. The fourth-order valence-corrected chi connectivity index (χ4v) is 3.09. The van der Waals surface area contributed by atoms with E-state index in [9.17, 15) is 9.18 Å². The highest BCUT2D eigenvalue weighted by atomic mass is 19.1. The van der Waals surface area contributed by atoms with Gasteiger partial charge < -0.3 is 11.1 Å². The number of benzene rings is 1. The quantitative estimate of drug-likeness (QED) is 0.847. The molecule has 1 atom stereocenters. The number of hydrogen-bond donors (Lipinski definition) is 2. The number of rotatable bonds is 6. The smallest absolute Gasteiger partial charge is 0.220 e. The minimum absolute atomic E-state index is 0.0420. The molecule has 1 aromatic carbocycles. The van der Waals surface area contributed by atoms with Gasteiger partial charge in [-0.15, -0.1) is 0 Å². The highest BCUT2D eigenvalue weighted by molar-refractivity contribution is 5.76. The second kappa shape index (κ2) is 8.13. The molecule has 3 N–H and O–H groups in total. The molecule has 0 heterocycles. The Morgan fingerprint density at radius 2 is 1.90 bits per heavy atom. The Kier molecular flexibility index (Phi) is 6.18. The van der Waals surface area contributed by atoms with E-state index in [0.717, 1.165) is 5.56 Å². The van der Waals surface area contributed by atoms with Crippen molar-refractivity contribution in [1.29, 1.82) is 0 Å². The van der Waals surface area contributed by atoms with Crippen LogP contribution in [0.15, 0.2) is 24.3 Å². The summed E-state index contributed by atoms with van der Waals surface area (Å²) in [6.07, 6.45) is 7.18. The zero-order valence-electron chi connectivity index (χ0n) is 12.5. The zero-order valence-corrected chi connectivity index (χ0v) is 12.5. The molecule has 1 aliphatic carbocycles. The number of nitrogens with two attached hydrogens (primary N) is 1. The first-order valence-electron chi connectivity index (χ1n) is 7.93. The van der Waals surface area contributed by atoms with Crippen LogP contribution in [0.3, 0.4) is 0 Å². The van der Waals surface area contributed by atoms with Gasteiger partial charge >= 0.3 is 0 Å². The third-order valence-electron chi connectivity index (χ3n) is 4.37. The van der Waals surface area contributed by atoms with Crippen molar-refractivity contribution in [3.8, 4) is 0 Å². The summed E-state index contributed by atoms with van der Waals surface area (Å²) in [4.78, 5) is 12.1. The Hall–Kier alpha value is -1.42. The first-order valence-corrected chi connectivity index (χ1v) is 7.93. The Balaban J connectivity index is 1.78. The van der Waals surface area contributed by atoms with Gasteiger partial charge in [0.25, 0.3) is 0 Å². The largest absolute Gasteiger partial charge is 0.352 e. The van der Waals surface area contributed by atoms with Crippen LogP contribution < -0.4 is 11.1 Å². The van der Waals surface area contributed by atoms with Gasteiger partial charge in [0, 0.05) is 19.0 Å². The highest BCUT2D eigenvalue weighted by Gasteiger charge is 2.23. The van der Waals surface area contributed by atoms with E-state index >= 15 is 0 Å². The van der Waals surface area contributed by atoms with Gasteiger partial charge in [-0.05, 0) is 42.9 Å².